The Balaban J connectivity index is 1.09. The number of halogens is 3. The average Bonchev–Trinajstić information content (AvgIpc) is 2.71. The number of nitrogens with one attached hydrogen (secondary N) is 2. The zero-order valence-corrected chi connectivity index (χ0v) is 18.3. The Bertz CT molecular complexity index is 1130. The van der Waals surface area contributed by atoms with Crippen molar-refractivity contribution >= 4 is 41.1 Å². The maximum absolute atomic E-state index is 13.4. The SMILES string of the molecule is O=C(COc1ccc(Cl)c(F)c1)NC12CC(NC(=O)[C@H]3C=Cc4cc(Cl)ccc4O3)(C1)C2. The van der Waals surface area contributed by atoms with Gasteiger partial charge in [0.05, 0.1) is 5.02 Å². The van der Waals surface area contributed by atoms with Crippen molar-refractivity contribution in [3.05, 3.63) is 63.9 Å². The molecule has 0 aromatic heterocycles. The molecular weight excluding hydrogens is 458 g/mol. The highest BCUT2D eigenvalue weighted by molar-refractivity contribution is 6.31. The normalized spacial score (nSPS) is 26.7. The van der Waals surface area contributed by atoms with Crippen LogP contribution in [0, 0.1) is 5.82 Å². The van der Waals surface area contributed by atoms with Crippen molar-refractivity contribution < 1.29 is 23.5 Å². The van der Waals surface area contributed by atoms with Crippen LogP contribution >= 0.6 is 23.2 Å². The lowest BCUT2D eigenvalue weighted by molar-refractivity contribution is -0.152. The second-order valence-electron chi connectivity index (χ2n) is 8.57. The number of fused-ring (bicyclic) bond motifs is 1. The van der Waals surface area contributed by atoms with Crippen LogP contribution in [0.25, 0.3) is 6.08 Å². The second-order valence-corrected chi connectivity index (χ2v) is 9.42. The van der Waals surface area contributed by atoms with Gasteiger partial charge in [0.15, 0.2) is 12.7 Å². The van der Waals surface area contributed by atoms with E-state index in [0.717, 1.165) is 11.6 Å². The molecule has 2 bridgehead atoms. The van der Waals surface area contributed by atoms with E-state index in [9.17, 15) is 14.0 Å². The number of rotatable bonds is 6. The van der Waals surface area contributed by atoms with Crippen LogP contribution in [0.15, 0.2) is 42.5 Å². The topological polar surface area (TPSA) is 76.7 Å². The standard InChI is InChI=1S/C23H19Cl2FN2O4/c24-14-2-6-18-13(7-14)1-5-19(32-18)21(30)28-23-10-22(11-23,12-23)27-20(29)9-31-15-3-4-16(25)17(26)8-15/h1-8,19H,9-12H2,(H,27,29)(H,28,30)/t19-,22?,23?/m1/s1. The van der Waals surface area contributed by atoms with Crippen LogP contribution in [0.4, 0.5) is 4.39 Å². The predicted octanol–water partition coefficient (Wildman–Crippen LogP) is 3.89. The molecule has 4 aliphatic rings. The molecule has 1 heterocycles. The third-order valence-corrected chi connectivity index (χ3v) is 6.56. The first kappa shape index (κ1) is 21.1. The maximum Gasteiger partial charge on any atom is 0.265 e. The molecule has 3 fully saturated rings. The molecule has 0 unspecified atom stereocenters. The van der Waals surface area contributed by atoms with Gasteiger partial charge < -0.3 is 20.1 Å². The highest BCUT2D eigenvalue weighted by Gasteiger charge is 2.69. The summed E-state index contributed by atoms with van der Waals surface area (Å²) in [6.07, 6.45) is 4.76. The van der Waals surface area contributed by atoms with Gasteiger partial charge in [0.2, 0.25) is 0 Å². The molecule has 6 rings (SSSR count). The van der Waals surface area contributed by atoms with E-state index in [1.54, 1.807) is 24.3 Å². The van der Waals surface area contributed by atoms with Gasteiger partial charge in [-0.25, -0.2) is 4.39 Å². The molecule has 3 aliphatic carbocycles. The minimum atomic E-state index is -0.712. The molecule has 2 aromatic carbocycles. The van der Waals surface area contributed by atoms with Gasteiger partial charge in [-0.15, -0.1) is 0 Å². The first-order valence-electron chi connectivity index (χ1n) is 10.1. The number of benzene rings is 2. The summed E-state index contributed by atoms with van der Waals surface area (Å²) in [5.41, 5.74) is 0.186. The monoisotopic (exact) mass is 476 g/mol. The van der Waals surface area contributed by atoms with E-state index in [4.69, 9.17) is 32.7 Å². The summed E-state index contributed by atoms with van der Waals surface area (Å²) in [4.78, 5) is 24.9. The van der Waals surface area contributed by atoms with Crippen LogP contribution in [0.3, 0.4) is 0 Å². The lowest BCUT2D eigenvalue weighted by Crippen LogP contribution is -2.84. The Morgan fingerprint density at radius 1 is 1.09 bits per heavy atom. The lowest BCUT2D eigenvalue weighted by atomic mass is 9.44. The number of ether oxygens (including phenoxy) is 2. The molecule has 6 nitrogen and oxygen atoms in total. The van der Waals surface area contributed by atoms with Gasteiger partial charge >= 0.3 is 0 Å². The molecule has 2 amide bonds. The fraction of sp³-hybridized carbons (Fsp3) is 0.304. The van der Waals surface area contributed by atoms with Gasteiger partial charge in [0, 0.05) is 27.7 Å². The van der Waals surface area contributed by atoms with Crippen LogP contribution in [0.2, 0.25) is 10.0 Å². The molecule has 9 heteroatoms. The molecule has 166 valence electrons. The van der Waals surface area contributed by atoms with E-state index in [2.05, 4.69) is 10.6 Å². The molecule has 1 aliphatic heterocycles. The Morgan fingerprint density at radius 2 is 1.84 bits per heavy atom. The van der Waals surface area contributed by atoms with E-state index in [0.29, 0.717) is 30.0 Å². The summed E-state index contributed by atoms with van der Waals surface area (Å²) in [6, 6.07) is 9.25. The second kappa shape index (κ2) is 7.67. The van der Waals surface area contributed by atoms with E-state index in [1.807, 2.05) is 6.08 Å². The molecule has 2 N–H and O–H groups in total. The summed E-state index contributed by atoms with van der Waals surface area (Å²) in [5, 5.41) is 6.61. The van der Waals surface area contributed by atoms with Gasteiger partial charge in [-0.1, -0.05) is 29.3 Å². The van der Waals surface area contributed by atoms with Crippen molar-refractivity contribution in [2.75, 3.05) is 6.61 Å². The fourth-order valence-electron chi connectivity index (χ4n) is 4.70. The van der Waals surface area contributed by atoms with Crippen molar-refractivity contribution in [1.29, 1.82) is 0 Å². The van der Waals surface area contributed by atoms with Crippen molar-refractivity contribution in [3.8, 4) is 11.5 Å². The van der Waals surface area contributed by atoms with Gasteiger partial charge in [-0.2, -0.15) is 0 Å². The number of hydrogen-bond donors (Lipinski definition) is 2. The molecule has 0 radical (unpaired) electrons. The zero-order valence-electron chi connectivity index (χ0n) is 16.8. The quantitative estimate of drug-likeness (QED) is 0.662. The Labute approximate surface area is 193 Å². The highest BCUT2D eigenvalue weighted by atomic mass is 35.5. The first-order chi connectivity index (χ1) is 15.2. The molecule has 1 atom stereocenters. The smallest absolute Gasteiger partial charge is 0.265 e. The Kier molecular flexibility index (Phi) is 5.06. The van der Waals surface area contributed by atoms with E-state index in [1.165, 1.54) is 12.1 Å². The van der Waals surface area contributed by atoms with E-state index < -0.39 is 11.9 Å². The van der Waals surface area contributed by atoms with E-state index >= 15 is 0 Å². The van der Waals surface area contributed by atoms with Crippen LogP contribution in [0.5, 0.6) is 11.5 Å². The third kappa shape index (κ3) is 3.91. The predicted molar refractivity (Wildman–Crippen MR) is 117 cm³/mol. The minimum Gasteiger partial charge on any atom is -0.484 e. The Hall–Kier alpha value is -2.77. The van der Waals surface area contributed by atoms with Gasteiger partial charge in [0.25, 0.3) is 11.8 Å². The molecule has 0 spiro atoms. The summed E-state index contributed by atoms with van der Waals surface area (Å²) >= 11 is 11.6. The minimum absolute atomic E-state index is 0.00858. The molecule has 2 aromatic rings. The molecule has 3 saturated carbocycles. The highest BCUT2D eigenvalue weighted by Crippen LogP contribution is 2.60. The zero-order chi connectivity index (χ0) is 22.5. The van der Waals surface area contributed by atoms with Gasteiger partial charge in [-0.3, -0.25) is 9.59 Å². The fourth-order valence-corrected chi connectivity index (χ4v) is 5.00. The molecular formula is C23H19Cl2FN2O4. The number of carbonyl (C=O) groups excluding carboxylic acids is 2. The maximum atomic E-state index is 13.4. The summed E-state index contributed by atoms with van der Waals surface area (Å²) < 4.78 is 24.6. The average molecular weight is 477 g/mol. The lowest BCUT2D eigenvalue weighted by Gasteiger charge is -2.70. The van der Waals surface area contributed by atoms with Gasteiger partial charge in [0.1, 0.15) is 17.3 Å². The Morgan fingerprint density at radius 3 is 2.59 bits per heavy atom. The molecule has 0 saturated heterocycles. The number of amides is 2. The molecule has 32 heavy (non-hydrogen) atoms. The number of hydrogen-bond acceptors (Lipinski definition) is 4. The van der Waals surface area contributed by atoms with Crippen molar-refractivity contribution in [3.63, 3.8) is 0 Å². The summed E-state index contributed by atoms with van der Waals surface area (Å²) in [6.45, 7) is -0.230. The summed E-state index contributed by atoms with van der Waals surface area (Å²) in [5.74, 6) is -0.277. The van der Waals surface area contributed by atoms with Gasteiger partial charge in [-0.05, 0) is 55.7 Å². The van der Waals surface area contributed by atoms with Crippen LogP contribution in [-0.2, 0) is 9.59 Å². The summed E-state index contributed by atoms with van der Waals surface area (Å²) in [7, 11) is 0. The number of carbonyl (C=O) groups is 2. The van der Waals surface area contributed by atoms with Crippen molar-refractivity contribution in [2.45, 2.75) is 36.4 Å². The van der Waals surface area contributed by atoms with Crippen molar-refractivity contribution in [2.24, 2.45) is 0 Å². The van der Waals surface area contributed by atoms with Crippen LogP contribution in [-0.4, -0.2) is 35.6 Å². The first-order valence-corrected chi connectivity index (χ1v) is 10.9. The van der Waals surface area contributed by atoms with Crippen LogP contribution in [0.1, 0.15) is 24.8 Å². The largest absolute Gasteiger partial charge is 0.484 e. The van der Waals surface area contributed by atoms with E-state index in [-0.39, 0.29) is 40.3 Å². The van der Waals surface area contributed by atoms with Crippen LogP contribution < -0.4 is 20.1 Å². The van der Waals surface area contributed by atoms with Crippen molar-refractivity contribution in [1.82, 2.24) is 10.6 Å². The third-order valence-electron chi connectivity index (χ3n) is 6.02.